The van der Waals surface area contributed by atoms with Gasteiger partial charge < -0.3 is 9.22 Å². The van der Waals surface area contributed by atoms with Gasteiger partial charge in [0.05, 0.1) is 51.2 Å². The van der Waals surface area contributed by atoms with Gasteiger partial charge in [0.25, 0.3) is 0 Å². The maximum Gasteiger partial charge on any atom is 0.236 e. The number of imide groups is 1. The highest BCUT2D eigenvalue weighted by Gasteiger charge is 2.60. The molecule has 2 amide bonds. The van der Waals surface area contributed by atoms with Crippen LogP contribution in [0.1, 0.15) is 26.2 Å². The van der Waals surface area contributed by atoms with Crippen LogP contribution in [0.25, 0.3) is 0 Å². The zero-order chi connectivity index (χ0) is 15.9. The summed E-state index contributed by atoms with van der Waals surface area (Å²) >= 11 is 0. The molecule has 0 aromatic heterocycles. The zero-order valence-electron chi connectivity index (χ0n) is 13.8. The van der Waals surface area contributed by atoms with Gasteiger partial charge >= 0.3 is 0 Å². The Bertz CT molecular complexity index is 470. The first-order chi connectivity index (χ1) is 10.4. The van der Waals surface area contributed by atoms with Gasteiger partial charge in [0.1, 0.15) is 0 Å². The summed E-state index contributed by atoms with van der Waals surface area (Å²) in [6.45, 7) is 4.89. The number of amides is 2. The first-order valence-electron chi connectivity index (χ1n) is 8.45. The number of likely N-dealkylation sites (tertiary alicyclic amines) is 1. The lowest BCUT2D eigenvalue weighted by Gasteiger charge is -2.30. The second-order valence-electron chi connectivity index (χ2n) is 7.42. The van der Waals surface area contributed by atoms with Crippen LogP contribution in [0.15, 0.2) is 12.2 Å². The number of carbonyl (C=O) groups excluding carboxylic acids is 2. The van der Waals surface area contributed by atoms with Crippen LogP contribution in [0, 0.1) is 11.8 Å². The molecule has 2 fully saturated rings. The van der Waals surface area contributed by atoms with Crippen molar-refractivity contribution in [2.24, 2.45) is 11.8 Å². The highest BCUT2D eigenvalue weighted by molar-refractivity contribution is 6.06. The van der Waals surface area contributed by atoms with Gasteiger partial charge in [0.15, 0.2) is 0 Å². The Hall–Kier alpha value is -1.20. The van der Waals surface area contributed by atoms with E-state index in [1.807, 2.05) is 12.2 Å². The maximum atomic E-state index is 12.5. The van der Waals surface area contributed by atoms with Gasteiger partial charge in [-0.05, 0) is 6.42 Å². The number of ether oxygens (including phenoxy) is 1. The van der Waals surface area contributed by atoms with E-state index < -0.39 is 0 Å². The molecule has 0 aliphatic carbocycles. The zero-order valence-corrected chi connectivity index (χ0v) is 13.8. The predicted molar refractivity (Wildman–Crippen MR) is 82.9 cm³/mol. The third-order valence-corrected chi connectivity index (χ3v) is 5.26. The van der Waals surface area contributed by atoms with E-state index in [9.17, 15) is 9.59 Å². The van der Waals surface area contributed by atoms with E-state index in [0.29, 0.717) is 6.54 Å². The highest BCUT2D eigenvalue weighted by atomic mass is 16.5. The Labute approximate surface area is 132 Å². The third-order valence-electron chi connectivity index (χ3n) is 5.26. The fourth-order valence-electron chi connectivity index (χ4n) is 3.94. The number of hydrogen-bond donors (Lipinski definition) is 0. The monoisotopic (exact) mass is 307 g/mol. The molecule has 3 aliphatic rings. The summed E-state index contributed by atoms with van der Waals surface area (Å²) in [6.07, 6.45) is 6.81. The number of carbonyl (C=O) groups is 2. The van der Waals surface area contributed by atoms with Crippen LogP contribution in [-0.4, -0.2) is 67.1 Å². The van der Waals surface area contributed by atoms with Crippen LogP contribution in [0.5, 0.6) is 0 Å². The molecule has 3 aliphatic heterocycles. The second-order valence-corrected chi connectivity index (χ2v) is 7.42. The average Bonchev–Trinajstić information content (AvgIpc) is 3.14. The molecule has 122 valence electrons. The second kappa shape index (κ2) is 5.78. The van der Waals surface area contributed by atoms with E-state index in [2.05, 4.69) is 21.0 Å². The smallest absolute Gasteiger partial charge is 0.236 e. The molecule has 0 N–H and O–H groups in total. The number of nitrogens with zero attached hydrogens (tertiary/aromatic N) is 2. The molecule has 4 atom stereocenters. The van der Waals surface area contributed by atoms with Gasteiger partial charge in [-0.3, -0.25) is 14.5 Å². The standard InChI is InChI=1S/C17H27N2O3/c1-4-5-10-19(2,3)11-6-9-18-16(20)14-12-7-8-13(22-12)15(14)17(18)21/h7-8,12-15H,4-6,9-11H2,1-3H3/q+1/t12?,13?,14-,15+. The number of unbranched alkanes of at least 4 members (excludes halogenated alkanes) is 1. The molecular formula is C17H27N2O3+. The van der Waals surface area contributed by atoms with Crippen LogP contribution in [0.3, 0.4) is 0 Å². The van der Waals surface area contributed by atoms with Gasteiger partial charge in [-0.2, -0.15) is 0 Å². The van der Waals surface area contributed by atoms with Crippen LogP contribution in [0.4, 0.5) is 0 Å². The van der Waals surface area contributed by atoms with E-state index in [0.717, 1.165) is 24.0 Å². The van der Waals surface area contributed by atoms with E-state index in [1.165, 1.54) is 17.7 Å². The van der Waals surface area contributed by atoms with Gasteiger partial charge in [-0.1, -0.05) is 25.5 Å². The van der Waals surface area contributed by atoms with Crippen LogP contribution >= 0.6 is 0 Å². The molecule has 22 heavy (non-hydrogen) atoms. The molecule has 0 radical (unpaired) electrons. The number of rotatable bonds is 7. The minimum absolute atomic E-state index is 0.0225. The molecule has 2 saturated heterocycles. The number of quaternary nitrogens is 1. The van der Waals surface area contributed by atoms with Gasteiger partial charge in [0, 0.05) is 13.0 Å². The minimum atomic E-state index is -0.259. The molecular weight excluding hydrogens is 280 g/mol. The maximum absolute atomic E-state index is 12.5. The van der Waals surface area contributed by atoms with E-state index in [-0.39, 0.29) is 35.9 Å². The fraction of sp³-hybridized carbons (Fsp3) is 0.765. The number of hydrogen-bond acceptors (Lipinski definition) is 3. The molecule has 3 heterocycles. The van der Waals surface area contributed by atoms with Crippen molar-refractivity contribution in [2.75, 3.05) is 33.7 Å². The lowest BCUT2D eigenvalue weighted by atomic mass is 9.85. The lowest BCUT2D eigenvalue weighted by molar-refractivity contribution is -0.890. The van der Waals surface area contributed by atoms with Gasteiger partial charge in [-0.15, -0.1) is 0 Å². The first kappa shape index (κ1) is 15.7. The Balaban J connectivity index is 1.54. The van der Waals surface area contributed by atoms with E-state index in [4.69, 9.17) is 4.74 Å². The van der Waals surface area contributed by atoms with Gasteiger partial charge in [0.2, 0.25) is 11.8 Å². The van der Waals surface area contributed by atoms with Crippen molar-refractivity contribution < 1.29 is 18.8 Å². The Morgan fingerprint density at radius 1 is 1.05 bits per heavy atom. The van der Waals surface area contributed by atoms with Crippen molar-refractivity contribution in [3.63, 3.8) is 0 Å². The van der Waals surface area contributed by atoms with E-state index >= 15 is 0 Å². The van der Waals surface area contributed by atoms with Crippen LogP contribution < -0.4 is 0 Å². The largest absolute Gasteiger partial charge is 0.365 e. The fourth-order valence-corrected chi connectivity index (χ4v) is 3.94. The molecule has 3 rings (SSSR count). The molecule has 5 heteroatoms. The third kappa shape index (κ3) is 2.61. The topological polar surface area (TPSA) is 46.6 Å². The molecule has 0 saturated carbocycles. The molecule has 0 aromatic carbocycles. The van der Waals surface area contributed by atoms with Gasteiger partial charge in [-0.25, -0.2) is 0 Å². The van der Waals surface area contributed by atoms with Crippen LogP contribution in [0.2, 0.25) is 0 Å². The Morgan fingerprint density at radius 3 is 2.14 bits per heavy atom. The quantitative estimate of drug-likeness (QED) is 0.403. The number of fused-ring (bicyclic) bond motifs is 5. The van der Waals surface area contributed by atoms with Crippen molar-refractivity contribution in [1.82, 2.24) is 4.90 Å². The van der Waals surface area contributed by atoms with Crippen molar-refractivity contribution in [3.8, 4) is 0 Å². The summed E-state index contributed by atoms with van der Waals surface area (Å²) in [5.74, 6) is -0.563. The molecule has 0 spiro atoms. The Kier molecular flexibility index (Phi) is 4.12. The Morgan fingerprint density at radius 2 is 1.59 bits per heavy atom. The lowest BCUT2D eigenvalue weighted by Crippen LogP contribution is -2.43. The predicted octanol–water partition coefficient (Wildman–Crippen LogP) is 1.19. The van der Waals surface area contributed by atoms with Crippen molar-refractivity contribution in [2.45, 2.75) is 38.4 Å². The molecule has 0 aromatic rings. The van der Waals surface area contributed by atoms with E-state index in [1.54, 1.807) is 0 Å². The normalized spacial score (nSPS) is 33.1. The summed E-state index contributed by atoms with van der Waals surface area (Å²) in [7, 11) is 4.44. The van der Waals surface area contributed by atoms with Crippen molar-refractivity contribution in [1.29, 1.82) is 0 Å². The van der Waals surface area contributed by atoms with Crippen LogP contribution in [-0.2, 0) is 14.3 Å². The summed E-state index contributed by atoms with van der Waals surface area (Å²) in [5, 5.41) is 0. The molecule has 2 unspecified atom stereocenters. The average molecular weight is 307 g/mol. The highest BCUT2D eigenvalue weighted by Crippen LogP contribution is 2.44. The van der Waals surface area contributed by atoms with Crippen molar-refractivity contribution in [3.05, 3.63) is 12.2 Å². The summed E-state index contributed by atoms with van der Waals surface area (Å²) in [6, 6.07) is 0. The first-order valence-corrected chi connectivity index (χ1v) is 8.45. The summed E-state index contributed by atoms with van der Waals surface area (Å²) in [5.41, 5.74) is 0. The SMILES string of the molecule is CCCC[N+](C)(C)CCCN1C(=O)[C@@H]2C3C=CC(O3)[C@@H]2C1=O. The van der Waals surface area contributed by atoms with Crippen molar-refractivity contribution >= 4 is 11.8 Å². The minimum Gasteiger partial charge on any atom is -0.365 e. The summed E-state index contributed by atoms with van der Waals surface area (Å²) < 4.78 is 6.60. The molecule has 2 bridgehead atoms. The summed E-state index contributed by atoms with van der Waals surface area (Å²) in [4.78, 5) is 26.5. The molecule has 5 nitrogen and oxygen atoms in total.